The van der Waals surface area contributed by atoms with E-state index in [-0.39, 0.29) is 0 Å². The number of aromatic nitrogens is 1. The Morgan fingerprint density at radius 1 is 1.10 bits per heavy atom. The van der Waals surface area contributed by atoms with E-state index in [4.69, 9.17) is 0 Å². The number of hydrogen-bond acceptors (Lipinski definition) is 1. The van der Waals surface area contributed by atoms with Crippen LogP contribution in [0.5, 0.6) is 0 Å². The van der Waals surface area contributed by atoms with Crippen molar-refractivity contribution in [2.24, 2.45) is 5.92 Å². The first kappa shape index (κ1) is 13.5. The smallest absolute Gasteiger partial charge is 0.351 e. The number of H-pyrrole nitrogens is 1. The number of piperidine rings is 1. The molecule has 0 saturated carbocycles. The molecule has 1 aliphatic rings. The molecule has 1 fully saturated rings. The molecule has 1 aliphatic heterocycles. The summed E-state index contributed by atoms with van der Waals surface area (Å²) in [6.45, 7) is 2.07. The predicted molar refractivity (Wildman–Crippen MR) is 72.6 cm³/mol. The lowest BCUT2D eigenvalue weighted by atomic mass is 9.91. The molecule has 108 valence electrons. The van der Waals surface area contributed by atoms with Gasteiger partial charge in [-0.1, -0.05) is 6.07 Å². The Labute approximate surface area is 115 Å². The van der Waals surface area contributed by atoms with Gasteiger partial charge in [0.2, 0.25) is 0 Å². The first-order valence-corrected chi connectivity index (χ1v) is 6.92. The molecule has 2 nitrogen and oxygen atoms in total. The minimum atomic E-state index is -4.31. The zero-order chi connectivity index (χ0) is 14.2. The third kappa shape index (κ3) is 2.82. The number of aromatic amines is 1. The third-order valence-corrected chi connectivity index (χ3v) is 3.97. The van der Waals surface area contributed by atoms with Crippen molar-refractivity contribution >= 4 is 10.9 Å². The van der Waals surface area contributed by atoms with E-state index in [0.717, 1.165) is 37.9 Å². The number of fused-ring (bicyclic) bond motifs is 1. The van der Waals surface area contributed by atoms with Crippen LogP contribution in [-0.2, 0) is 12.6 Å². The van der Waals surface area contributed by atoms with Crippen molar-refractivity contribution in [3.63, 3.8) is 0 Å². The lowest BCUT2D eigenvalue weighted by molar-refractivity contribution is -0.140. The van der Waals surface area contributed by atoms with Crippen LogP contribution in [0.4, 0.5) is 13.2 Å². The highest BCUT2D eigenvalue weighted by molar-refractivity contribution is 5.81. The van der Waals surface area contributed by atoms with Crippen LogP contribution in [-0.4, -0.2) is 18.1 Å². The molecule has 20 heavy (non-hydrogen) atoms. The van der Waals surface area contributed by atoms with Gasteiger partial charge in [0.15, 0.2) is 0 Å². The molecule has 0 spiro atoms. The minimum absolute atomic E-state index is 0.548. The maximum atomic E-state index is 12.7. The van der Waals surface area contributed by atoms with Gasteiger partial charge in [-0.2, -0.15) is 13.2 Å². The summed E-state index contributed by atoms with van der Waals surface area (Å²) < 4.78 is 38.0. The van der Waals surface area contributed by atoms with E-state index in [9.17, 15) is 13.2 Å². The van der Waals surface area contributed by atoms with Gasteiger partial charge in [-0.3, -0.25) is 0 Å². The molecule has 2 aromatic rings. The quantitative estimate of drug-likeness (QED) is 0.863. The Hall–Kier alpha value is -1.49. The highest BCUT2D eigenvalue weighted by Gasteiger charge is 2.32. The summed E-state index contributed by atoms with van der Waals surface area (Å²) in [6, 6.07) is 6.76. The number of hydrogen-bond donors (Lipinski definition) is 2. The Morgan fingerprint density at radius 3 is 2.55 bits per heavy atom. The first-order valence-electron chi connectivity index (χ1n) is 6.92. The van der Waals surface area contributed by atoms with Crippen molar-refractivity contribution in [3.05, 3.63) is 35.5 Å². The third-order valence-electron chi connectivity index (χ3n) is 3.97. The molecule has 0 aliphatic carbocycles. The standard InChI is InChI=1S/C15H17F3N2/c16-15(17,18)14-9-12-8-11(1-2-13(12)20-14)7-10-3-5-19-6-4-10/h1-2,8-10,19-20H,3-7H2. The van der Waals surface area contributed by atoms with Crippen LogP contribution in [0.2, 0.25) is 0 Å². The van der Waals surface area contributed by atoms with Crippen molar-refractivity contribution in [3.8, 4) is 0 Å². The molecule has 0 radical (unpaired) electrons. The second kappa shape index (κ2) is 5.13. The predicted octanol–water partition coefficient (Wildman–Crippen LogP) is 3.73. The minimum Gasteiger partial charge on any atom is -0.351 e. The average Bonchev–Trinajstić information content (AvgIpc) is 2.83. The summed E-state index contributed by atoms with van der Waals surface area (Å²) in [7, 11) is 0. The van der Waals surface area contributed by atoms with Crippen molar-refractivity contribution in [2.45, 2.75) is 25.4 Å². The maximum absolute atomic E-state index is 12.7. The molecular weight excluding hydrogens is 265 g/mol. The van der Waals surface area contributed by atoms with Crippen molar-refractivity contribution in [1.29, 1.82) is 0 Å². The van der Waals surface area contributed by atoms with E-state index in [0.29, 0.717) is 16.8 Å². The molecule has 3 rings (SSSR count). The van der Waals surface area contributed by atoms with E-state index >= 15 is 0 Å². The van der Waals surface area contributed by atoms with E-state index < -0.39 is 11.9 Å². The summed E-state index contributed by atoms with van der Waals surface area (Å²) >= 11 is 0. The second-order valence-corrected chi connectivity index (χ2v) is 5.50. The van der Waals surface area contributed by atoms with Gasteiger partial charge in [0.05, 0.1) is 0 Å². The largest absolute Gasteiger partial charge is 0.431 e. The fraction of sp³-hybridized carbons (Fsp3) is 0.467. The zero-order valence-electron chi connectivity index (χ0n) is 11.1. The monoisotopic (exact) mass is 282 g/mol. The molecule has 2 heterocycles. The van der Waals surface area contributed by atoms with Gasteiger partial charge in [-0.15, -0.1) is 0 Å². The number of rotatable bonds is 2. The van der Waals surface area contributed by atoms with Crippen LogP contribution in [0.15, 0.2) is 24.3 Å². The van der Waals surface area contributed by atoms with Crippen LogP contribution in [0.3, 0.4) is 0 Å². The number of halogens is 3. The van der Waals surface area contributed by atoms with Crippen LogP contribution in [0.1, 0.15) is 24.1 Å². The Kier molecular flexibility index (Phi) is 3.46. The van der Waals surface area contributed by atoms with Gasteiger partial charge in [-0.05, 0) is 62.0 Å². The molecule has 0 unspecified atom stereocenters. The Balaban J connectivity index is 1.82. The maximum Gasteiger partial charge on any atom is 0.431 e. The topological polar surface area (TPSA) is 27.8 Å². The van der Waals surface area contributed by atoms with Gasteiger partial charge < -0.3 is 10.3 Å². The molecule has 5 heteroatoms. The van der Waals surface area contributed by atoms with Gasteiger partial charge in [-0.25, -0.2) is 0 Å². The van der Waals surface area contributed by atoms with Gasteiger partial charge in [0.25, 0.3) is 0 Å². The second-order valence-electron chi connectivity index (χ2n) is 5.50. The summed E-state index contributed by atoms with van der Waals surface area (Å²) in [5.41, 5.74) is 0.995. The highest BCUT2D eigenvalue weighted by Crippen LogP contribution is 2.31. The SMILES string of the molecule is FC(F)(F)c1cc2cc(CC3CCNCC3)ccc2[nH]1. The molecule has 0 amide bonds. The van der Waals surface area contributed by atoms with Crippen molar-refractivity contribution < 1.29 is 13.2 Å². The van der Waals surface area contributed by atoms with Crippen LogP contribution in [0, 0.1) is 5.92 Å². The summed E-state index contributed by atoms with van der Waals surface area (Å²) in [6.07, 6.45) is -1.09. The Bertz CT molecular complexity index is 595. The average molecular weight is 282 g/mol. The molecular formula is C15H17F3N2. The Morgan fingerprint density at radius 2 is 1.85 bits per heavy atom. The summed E-state index contributed by atoms with van der Waals surface area (Å²) in [5, 5.41) is 3.96. The van der Waals surface area contributed by atoms with Gasteiger partial charge in [0.1, 0.15) is 5.69 Å². The number of benzene rings is 1. The van der Waals surface area contributed by atoms with E-state index in [1.807, 2.05) is 12.1 Å². The van der Waals surface area contributed by atoms with Crippen molar-refractivity contribution in [1.82, 2.24) is 10.3 Å². The molecule has 2 N–H and O–H groups in total. The lowest BCUT2D eigenvalue weighted by Crippen LogP contribution is -2.28. The van der Waals surface area contributed by atoms with E-state index in [1.165, 1.54) is 6.07 Å². The molecule has 1 saturated heterocycles. The summed E-state index contributed by atoms with van der Waals surface area (Å²) in [4.78, 5) is 2.43. The molecule has 1 aromatic heterocycles. The normalized spacial score (nSPS) is 17.8. The zero-order valence-corrected chi connectivity index (χ0v) is 11.1. The highest BCUT2D eigenvalue weighted by atomic mass is 19.4. The van der Waals surface area contributed by atoms with Gasteiger partial charge >= 0.3 is 6.18 Å². The van der Waals surface area contributed by atoms with Crippen LogP contribution < -0.4 is 5.32 Å². The molecule has 1 aromatic carbocycles. The lowest BCUT2D eigenvalue weighted by Gasteiger charge is -2.22. The molecule has 0 bridgehead atoms. The fourth-order valence-corrected chi connectivity index (χ4v) is 2.88. The van der Waals surface area contributed by atoms with Gasteiger partial charge in [0, 0.05) is 10.9 Å². The van der Waals surface area contributed by atoms with E-state index in [1.54, 1.807) is 6.07 Å². The number of nitrogens with one attached hydrogen (secondary N) is 2. The van der Waals surface area contributed by atoms with Crippen LogP contribution >= 0.6 is 0 Å². The fourth-order valence-electron chi connectivity index (χ4n) is 2.88. The van der Waals surface area contributed by atoms with E-state index in [2.05, 4.69) is 10.3 Å². The van der Waals surface area contributed by atoms with Crippen LogP contribution in [0.25, 0.3) is 10.9 Å². The number of alkyl halides is 3. The van der Waals surface area contributed by atoms with Crippen molar-refractivity contribution in [2.75, 3.05) is 13.1 Å². The summed E-state index contributed by atoms with van der Waals surface area (Å²) in [5.74, 6) is 0.634. The first-order chi connectivity index (χ1) is 9.52. The molecule has 0 atom stereocenters.